The molecule has 0 saturated heterocycles. The van der Waals surface area contributed by atoms with Gasteiger partial charge >= 0.3 is 0 Å². The SMILES string of the molecule is Cc1oncc1C(=O)Nc1ccc(C(C)(C)C)cc1Cl. The first-order chi connectivity index (χ1) is 9.29. The Bertz CT molecular complexity index is 642. The molecule has 4 nitrogen and oxygen atoms in total. The van der Waals surface area contributed by atoms with Gasteiger partial charge in [0, 0.05) is 0 Å². The molecule has 0 radical (unpaired) electrons. The highest BCUT2D eigenvalue weighted by Gasteiger charge is 2.17. The zero-order valence-electron chi connectivity index (χ0n) is 12.0. The lowest BCUT2D eigenvalue weighted by atomic mass is 9.87. The topological polar surface area (TPSA) is 55.1 Å². The van der Waals surface area contributed by atoms with Crippen LogP contribution in [0.25, 0.3) is 0 Å². The predicted octanol–water partition coefficient (Wildman–Crippen LogP) is 4.19. The first-order valence-electron chi connectivity index (χ1n) is 6.31. The Labute approximate surface area is 123 Å². The zero-order valence-corrected chi connectivity index (χ0v) is 12.7. The minimum absolute atomic E-state index is 0.0112. The molecule has 1 N–H and O–H groups in total. The van der Waals surface area contributed by atoms with E-state index in [1.807, 2.05) is 18.2 Å². The summed E-state index contributed by atoms with van der Waals surface area (Å²) in [5, 5.41) is 6.86. The summed E-state index contributed by atoms with van der Waals surface area (Å²) in [6.45, 7) is 8.01. The third kappa shape index (κ3) is 3.02. The average Bonchev–Trinajstić information content (AvgIpc) is 2.76. The second kappa shape index (κ2) is 5.29. The molecule has 1 aromatic carbocycles. The van der Waals surface area contributed by atoms with Gasteiger partial charge in [-0.05, 0) is 30.0 Å². The molecule has 1 heterocycles. The van der Waals surface area contributed by atoms with E-state index in [1.165, 1.54) is 6.20 Å². The Balaban J connectivity index is 2.23. The first kappa shape index (κ1) is 14.6. The molecule has 106 valence electrons. The Morgan fingerprint density at radius 1 is 1.35 bits per heavy atom. The number of carbonyl (C=O) groups is 1. The molecule has 0 bridgehead atoms. The monoisotopic (exact) mass is 292 g/mol. The van der Waals surface area contributed by atoms with Gasteiger partial charge in [0.05, 0.1) is 16.9 Å². The van der Waals surface area contributed by atoms with Crippen molar-refractivity contribution in [3.05, 3.63) is 46.3 Å². The van der Waals surface area contributed by atoms with Crippen molar-refractivity contribution in [1.29, 1.82) is 0 Å². The van der Waals surface area contributed by atoms with E-state index in [1.54, 1.807) is 6.92 Å². The maximum absolute atomic E-state index is 12.1. The number of rotatable bonds is 2. The van der Waals surface area contributed by atoms with Crippen LogP contribution >= 0.6 is 11.6 Å². The van der Waals surface area contributed by atoms with E-state index in [0.29, 0.717) is 22.0 Å². The third-order valence-electron chi connectivity index (χ3n) is 3.08. The van der Waals surface area contributed by atoms with E-state index in [4.69, 9.17) is 16.1 Å². The van der Waals surface area contributed by atoms with Crippen LogP contribution in [0.5, 0.6) is 0 Å². The molecule has 0 spiro atoms. The average molecular weight is 293 g/mol. The normalized spacial score (nSPS) is 11.4. The van der Waals surface area contributed by atoms with Crippen molar-refractivity contribution in [2.45, 2.75) is 33.1 Å². The van der Waals surface area contributed by atoms with Crippen LogP contribution in [0.4, 0.5) is 5.69 Å². The van der Waals surface area contributed by atoms with E-state index in [-0.39, 0.29) is 11.3 Å². The van der Waals surface area contributed by atoms with Crippen molar-refractivity contribution in [2.75, 3.05) is 5.32 Å². The summed E-state index contributed by atoms with van der Waals surface area (Å²) in [4.78, 5) is 12.1. The summed E-state index contributed by atoms with van der Waals surface area (Å²) in [6.07, 6.45) is 1.39. The van der Waals surface area contributed by atoms with Crippen molar-refractivity contribution in [2.24, 2.45) is 0 Å². The van der Waals surface area contributed by atoms with Crippen molar-refractivity contribution >= 4 is 23.2 Å². The molecule has 1 aromatic heterocycles. The Hall–Kier alpha value is -1.81. The second-order valence-electron chi connectivity index (χ2n) is 5.69. The smallest absolute Gasteiger partial charge is 0.260 e. The highest BCUT2D eigenvalue weighted by molar-refractivity contribution is 6.34. The van der Waals surface area contributed by atoms with E-state index >= 15 is 0 Å². The number of halogens is 1. The van der Waals surface area contributed by atoms with Crippen molar-refractivity contribution in [1.82, 2.24) is 5.16 Å². The number of carbonyl (C=O) groups excluding carboxylic acids is 1. The number of hydrogen-bond donors (Lipinski definition) is 1. The lowest BCUT2D eigenvalue weighted by Crippen LogP contribution is -2.14. The molecule has 0 aliphatic carbocycles. The summed E-state index contributed by atoms with van der Waals surface area (Å²) >= 11 is 6.23. The van der Waals surface area contributed by atoms with Gasteiger partial charge in [-0.3, -0.25) is 4.79 Å². The summed E-state index contributed by atoms with van der Waals surface area (Å²) in [6, 6.07) is 5.64. The zero-order chi connectivity index (χ0) is 14.9. The second-order valence-corrected chi connectivity index (χ2v) is 6.10. The van der Waals surface area contributed by atoms with Gasteiger partial charge in [-0.2, -0.15) is 0 Å². The fourth-order valence-electron chi connectivity index (χ4n) is 1.79. The number of nitrogens with zero attached hydrogens (tertiary/aromatic N) is 1. The number of amides is 1. The molecule has 0 fully saturated rings. The quantitative estimate of drug-likeness (QED) is 0.903. The van der Waals surface area contributed by atoms with Crippen LogP contribution in [0.15, 0.2) is 28.9 Å². The molecule has 2 aromatic rings. The molecule has 0 aliphatic heterocycles. The summed E-state index contributed by atoms with van der Waals surface area (Å²) in [7, 11) is 0. The van der Waals surface area contributed by atoms with E-state index in [0.717, 1.165) is 5.56 Å². The molecular formula is C15H17ClN2O2. The van der Waals surface area contributed by atoms with Gasteiger partial charge in [0.2, 0.25) is 0 Å². The lowest BCUT2D eigenvalue weighted by molar-refractivity contribution is 0.102. The standard InChI is InChI=1S/C15H17ClN2O2/c1-9-11(8-17-20-9)14(19)18-13-6-5-10(7-12(13)16)15(2,3)4/h5-8H,1-4H3,(H,18,19). The van der Waals surface area contributed by atoms with Gasteiger partial charge in [-0.15, -0.1) is 0 Å². The molecular weight excluding hydrogens is 276 g/mol. The molecule has 0 saturated carbocycles. The molecule has 0 atom stereocenters. The van der Waals surface area contributed by atoms with Crippen LogP contribution in [0.1, 0.15) is 42.5 Å². The van der Waals surface area contributed by atoms with Gasteiger partial charge in [-0.25, -0.2) is 0 Å². The van der Waals surface area contributed by atoms with Crippen LogP contribution in [0.3, 0.4) is 0 Å². The van der Waals surface area contributed by atoms with Crippen LogP contribution in [0, 0.1) is 6.92 Å². The number of aromatic nitrogens is 1. The molecule has 5 heteroatoms. The molecule has 1 amide bonds. The van der Waals surface area contributed by atoms with Crippen molar-refractivity contribution in [3.63, 3.8) is 0 Å². The van der Waals surface area contributed by atoms with E-state index in [9.17, 15) is 4.79 Å². The number of hydrogen-bond acceptors (Lipinski definition) is 3. The lowest BCUT2D eigenvalue weighted by Gasteiger charge is -2.20. The molecule has 0 aliphatic rings. The van der Waals surface area contributed by atoms with Gasteiger partial charge in [-0.1, -0.05) is 43.6 Å². The predicted molar refractivity (Wildman–Crippen MR) is 79.3 cm³/mol. The number of nitrogens with one attached hydrogen (secondary N) is 1. The van der Waals surface area contributed by atoms with Crippen molar-refractivity contribution in [3.8, 4) is 0 Å². The summed E-state index contributed by atoms with van der Waals surface area (Å²) in [5.74, 6) is 0.194. The van der Waals surface area contributed by atoms with Crippen LogP contribution in [0.2, 0.25) is 5.02 Å². The number of aryl methyl sites for hydroxylation is 1. The fraction of sp³-hybridized carbons (Fsp3) is 0.333. The highest BCUT2D eigenvalue weighted by Crippen LogP contribution is 2.30. The first-order valence-corrected chi connectivity index (χ1v) is 6.69. The van der Waals surface area contributed by atoms with Crippen LogP contribution in [-0.2, 0) is 5.41 Å². The van der Waals surface area contributed by atoms with Gasteiger partial charge < -0.3 is 9.84 Å². The minimum Gasteiger partial charge on any atom is -0.361 e. The van der Waals surface area contributed by atoms with Crippen LogP contribution in [-0.4, -0.2) is 11.1 Å². The number of benzene rings is 1. The van der Waals surface area contributed by atoms with Gasteiger partial charge in [0.15, 0.2) is 0 Å². The Kier molecular flexibility index (Phi) is 3.86. The third-order valence-corrected chi connectivity index (χ3v) is 3.39. The Morgan fingerprint density at radius 2 is 2.05 bits per heavy atom. The molecule has 0 unspecified atom stereocenters. The minimum atomic E-state index is -0.283. The summed E-state index contributed by atoms with van der Waals surface area (Å²) in [5.41, 5.74) is 2.10. The van der Waals surface area contributed by atoms with Crippen molar-refractivity contribution < 1.29 is 9.32 Å². The van der Waals surface area contributed by atoms with E-state index in [2.05, 4.69) is 31.2 Å². The maximum Gasteiger partial charge on any atom is 0.260 e. The largest absolute Gasteiger partial charge is 0.361 e. The Morgan fingerprint density at radius 3 is 2.55 bits per heavy atom. The highest BCUT2D eigenvalue weighted by atomic mass is 35.5. The fourth-order valence-corrected chi connectivity index (χ4v) is 2.02. The summed E-state index contributed by atoms with van der Waals surface area (Å²) < 4.78 is 4.87. The molecule has 2 rings (SSSR count). The van der Waals surface area contributed by atoms with Crippen LogP contribution < -0.4 is 5.32 Å². The van der Waals surface area contributed by atoms with Gasteiger partial charge in [0.25, 0.3) is 5.91 Å². The molecule has 20 heavy (non-hydrogen) atoms. The van der Waals surface area contributed by atoms with Gasteiger partial charge in [0.1, 0.15) is 11.3 Å². The number of anilines is 1. The maximum atomic E-state index is 12.1. The van der Waals surface area contributed by atoms with E-state index < -0.39 is 0 Å².